The van der Waals surface area contributed by atoms with E-state index in [2.05, 4.69) is 10.3 Å². The number of rotatable bonds is 10. The minimum Gasteiger partial charge on any atom is -0.454 e. The number of thioether (sulfide) groups is 1. The number of benzene rings is 2. The smallest absolute Gasteiger partial charge is 0.236 e. The summed E-state index contributed by atoms with van der Waals surface area (Å²) in [6.07, 6.45) is 5.10. The molecular weight excluding hydrogens is 492 g/mol. The van der Waals surface area contributed by atoms with Gasteiger partial charge in [-0.1, -0.05) is 35.9 Å². The van der Waals surface area contributed by atoms with Crippen LogP contribution in [0.3, 0.4) is 0 Å². The summed E-state index contributed by atoms with van der Waals surface area (Å²) in [4.78, 5) is 18.8. The van der Waals surface area contributed by atoms with Crippen LogP contribution in [0.15, 0.2) is 48.7 Å². The number of nitrogens with one attached hydrogen (secondary N) is 1. The predicted octanol–water partition coefficient (Wildman–Crippen LogP) is 5.79. The van der Waals surface area contributed by atoms with Gasteiger partial charge in [-0.15, -0.1) is 23.1 Å². The van der Waals surface area contributed by atoms with Gasteiger partial charge in [0.15, 0.2) is 16.6 Å². The first-order chi connectivity index (χ1) is 16.6. The summed E-state index contributed by atoms with van der Waals surface area (Å²) in [6, 6.07) is 13.6. The highest BCUT2D eigenvalue weighted by molar-refractivity contribution is 7.99. The minimum atomic E-state index is -0.548. The van der Waals surface area contributed by atoms with Crippen LogP contribution in [0, 0.1) is 0 Å². The summed E-state index contributed by atoms with van der Waals surface area (Å²) >= 11 is 9.77. The molecule has 0 spiro atoms. The summed E-state index contributed by atoms with van der Waals surface area (Å²) in [5.74, 6) is 2.25. The fourth-order valence-electron chi connectivity index (χ4n) is 4.08. The molecule has 1 fully saturated rings. The molecule has 34 heavy (non-hydrogen) atoms. The molecule has 2 aliphatic rings. The first-order valence-electron chi connectivity index (χ1n) is 11.2. The second-order valence-electron chi connectivity index (χ2n) is 8.38. The van der Waals surface area contributed by atoms with E-state index < -0.39 is 5.41 Å². The molecule has 1 aliphatic carbocycles. The molecule has 1 unspecified atom stereocenters. The Hall–Kier alpha value is -2.26. The number of halogens is 1. The Morgan fingerprint density at radius 1 is 1.21 bits per heavy atom. The maximum Gasteiger partial charge on any atom is 0.236 e. The molecule has 0 radical (unpaired) electrons. The molecule has 2 heterocycles. The van der Waals surface area contributed by atoms with E-state index in [0.29, 0.717) is 21.7 Å². The number of ether oxygens (including phenoxy) is 2. The number of aliphatic hydroxyl groups is 1. The van der Waals surface area contributed by atoms with Crippen molar-refractivity contribution in [1.29, 1.82) is 0 Å². The van der Waals surface area contributed by atoms with Crippen molar-refractivity contribution >= 4 is 45.7 Å². The summed E-state index contributed by atoms with van der Waals surface area (Å²) in [7, 11) is 0. The van der Waals surface area contributed by atoms with Gasteiger partial charge in [0.25, 0.3) is 0 Å². The number of amides is 1. The second-order valence-corrected chi connectivity index (χ2v) is 11.1. The van der Waals surface area contributed by atoms with Crippen LogP contribution < -0.4 is 14.8 Å². The van der Waals surface area contributed by atoms with Crippen LogP contribution in [0.4, 0.5) is 5.13 Å². The summed E-state index contributed by atoms with van der Waals surface area (Å²) in [5.41, 5.74) is 1.42. The standard InChI is InChI=1S/C25H25ClN2O4S2/c26-18-6-2-1-5-17(18)22(33-12-4-3-11-29)21-14-27-24(34-21)28-23(30)25(9-10-25)16-7-8-19-20(13-16)32-15-31-19/h1-2,5-8,13-14,22,29H,3-4,9-12,15H2,(H,27,28,30). The fraction of sp³-hybridized carbons (Fsp3) is 0.360. The Morgan fingerprint density at radius 2 is 2.03 bits per heavy atom. The number of carbonyl (C=O) groups is 1. The van der Waals surface area contributed by atoms with Crippen LogP contribution in [-0.4, -0.2) is 35.2 Å². The second kappa shape index (κ2) is 10.2. The van der Waals surface area contributed by atoms with Crippen LogP contribution in [0.5, 0.6) is 11.5 Å². The largest absolute Gasteiger partial charge is 0.454 e. The van der Waals surface area contributed by atoms with Gasteiger partial charge in [-0.3, -0.25) is 4.79 Å². The zero-order chi connectivity index (χ0) is 23.5. The van der Waals surface area contributed by atoms with E-state index >= 15 is 0 Å². The van der Waals surface area contributed by atoms with Crippen molar-refractivity contribution in [3.63, 3.8) is 0 Å². The van der Waals surface area contributed by atoms with E-state index in [4.69, 9.17) is 26.2 Å². The van der Waals surface area contributed by atoms with Gasteiger partial charge in [0, 0.05) is 22.7 Å². The van der Waals surface area contributed by atoms with Gasteiger partial charge in [0.05, 0.1) is 10.7 Å². The molecule has 5 rings (SSSR count). The Kier molecular flexibility index (Phi) is 7.01. The number of unbranched alkanes of at least 4 members (excludes halogenated alkanes) is 1. The molecular formula is C25H25ClN2O4S2. The third-order valence-electron chi connectivity index (χ3n) is 6.14. The number of thiazole rings is 1. The quantitative estimate of drug-likeness (QED) is 0.332. The highest BCUT2D eigenvalue weighted by atomic mass is 35.5. The van der Waals surface area contributed by atoms with E-state index in [1.165, 1.54) is 11.3 Å². The third-order valence-corrected chi connectivity index (χ3v) is 8.97. The predicted molar refractivity (Wildman–Crippen MR) is 136 cm³/mol. The van der Waals surface area contributed by atoms with Crippen molar-refractivity contribution in [3.05, 3.63) is 69.7 Å². The molecule has 1 atom stereocenters. The number of fused-ring (bicyclic) bond motifs is 1. The normalized spacial score (nSPS) is 16.3. The first-order valence-corrected chi connectivity index (χ1v) is 13.5. The van der Waals surface area contributed by atoms with Crippen LogP contribution in [-0.2, 0) is 10.2 Å². The van der Waals surface area contributed by atoms with Crippen LogP contribution in [0.2, 0.25) is 5.02 Å². The molecule has 1 aromatic heterocycles. The molecule has 1 saturated carbocycles. The number of aliphatic hydroxyl groups excluding tert-OH is 1. The van der Waals surface area contributed by atoms with Gasteiger partial charge in [-0.05, 0) is 60.8 Å². The Balaban J connectivity index is 1.32. The number of hydrogen-bond acceptors (Lipinski definition) is 7. The van der Waals surface area contributed by atoms with Crippen LogP contribution in [0.1, 0.15) is 46.9 Å². The third kappa shape index (κ3) is 4.77. The molecule has 2 N–H and O–H groups in total. The summed E-state index contributed by atoms with van der Waals surface area (Å²) < 4.78 is 10.9. The molecule has 1 aliphatic heterocycles. The van der Waals surface area contributed by atoms with Gasteiger partial charge in [-0.25, -0.2) is 4.98 Å². The van der Waals surface area contributed by atoms with E-state index in [0.717, 1.165) is 47.4 Å². The highest BCUT2D eigenvalue weighted by Gasteiger charge is 2.52. The number of aromatic nitrogens is 1. The maximum absolute atomic E-state index is 13.3. The van der Waals surface area contributed by atoms with E-state index in [1.807, 2.05) is 48.7 Å². The lowest BCUT2D eigenvalue weighted by Crippen LogP contribution is -2.27. The molecule has 178 valence electrons. The zero-order valence-corrected chi connectivity index (χ0v) is 20.8. The van der Waals surface area contributed by atoms with Gasteiger partial charge in [0.2, 0.25) is 12.7 Å². The van der Waals surface area contributed by atoms with Crippen molar-refractivity contribution in [2.75, 3.05) is 24.5 Å². The van der Waals surface area contributed by atoms with Crippen molar-refractivity contribution in [1.82, 2.24) is 4.98 Å². The Bertz CT molecular complexity index is 1180. The fourth-order valence-corrected chi connectivity index (χ4v) is 6.76. The highest BCUT2D eigenvalue weighted by Crippen LogP contribution is 2.51. The summed E-state index contributed by atoms with van der Waals surface area (Å²) in [6.45, 7) is 0.406. The Morgan fingerprint density at radius 3 is 2.82 bits per heavy atom. The molecule has 0 saturated heterocycles. The van der Waals surface area contributed by atoms with Crippen LogP contribution in [0.25, 0.3) is 0 Å². The van der Waals surface area contributed by atoms with Gasteiger partial charge < -0.3 is 19.9 Å². The van der Waals surface area contributed by atoms with Crippen molar-refractivity contribution in [3.8, 4) is 11.5 Å². The maximum atomic E-state index is 13.3. The molecule has 1 amide bonds. The van der Waals surface area contributed by atoms with E-state index in [1.54, 1.807) is 11.8 Å². The minimum absolute atomic E-state index is 0.0132. The van der Waals surface area contributed by atoms with E-state index in [9.17, 15) is 4.79 Å². The van der Waals surface area contributed by atoms with Gasteiger partial charge in [-0.2, -0.15) is 0 Å². The van der Waals surface area contributed by atoms with Crippen molar-refractivity contribution < 1.29 is 19.4 Å². The molecule has 2 aromatic carbocycles. The SMILES string of the molecule is O=C(Nc1ncc(C(SCCCCO)c2ccccc2Cl)s1)C1(c2ccc3c(c2)OCO3)CC1. The topological polar surface area (TPSA) is 80.7 Å². The number of anilines is 1. The van der Waals surface area contributed by atoms with E-state index in [-0.39, 0.29) is 24.6 Å². The zero-order valence-electron chi connectivity index (χ0n) is 18.5. The van der Waals surface area contributed by atoms with Gasteiger partial charge in [0.1, 0.15) is 0 Å². The molecule has 0 bridgehead atoms. The number of nitrogens with zero attached hydrogens (tertiary/aromatic N) is 1. The van der Waals surface area contributed by atoms with Crippen molar-refractivity contribution in [2.45, 2.75) is 36.3 Å². The monoisotopic (exact) mass is 516 g/mol. The molecule has 6 nitrogen and oxygen atoms in total. The lowest BCUT2D eigenvalue weighted by atomic mass is 9.94. The lowest BCUT2D eigenvalue weighted by Gasteiger charge is -2.17. The number of carbonyl (C=O) groups excluding carboxylic acids is 1. The van der Waals surface area contributed by atoms with Crippen LogP contribution >= 0.6 is 34.7 Å². The lowest BCUT2D eigenvalue weighted by molar-refractivity contribution is -0.118. The van der Waals surface area contributed by atoms with Gasteiger partial charge >= 0.3 is 0 Å². The molecule has 3 aromatic rings. The number of hydrogen-bond donors (Lipinski definition) is 2. The first kappa shape index (κ1) is 23.5. The average molecular weight is 517 g/mol. The average Bonchev–Trinajstić information content (AvgIpc) is 3.30. The molecule has 9 heteroatoms. The van der Waals surface area contributed by atoms with Crippen molar-refractivity contribution in [2.24, 2.45) is 0 Å². The Labute approximate surface area is 211 Å². The summed E-state index contributed by atoms with van der Waals surface area (Å²) in [5, 5.41) is 13.5.